The lowest BCUT2D eigenvalue weighted by Gasteiger charge is -2.32. The normalized spacial score (nSPS) is 15.0. The molecule has 1 heterocycles. The topological polar surface area (TPSA) is 86.3 Å². The SMILES string of the molecule is CCNC(=NCc1ccc(C(=O)N(C)C)cc1)NC1CCN(C(=O)OCC)CC1. The lowest BCUT2D eigenvalue weighted by atomic mass is 10.1. The van der Waals surface area contributed by atoms with Gasteiger partial charge in [0.25, 0.3) is 5.91 Å². The minimum Gasteiger partial charge on any atom is -0.450 e. The third-order valence-electron chi connectivity index (χ3n) is 4.73. The molecule has 0 aliphatic carbocycles. The number of carbonyl (C=O) groups excluding carboxylic acids is 2. The molecule has 29 heavy (non-hydrogen) atoms. The van der Waals surface area contributed by atoms with Crippen LogP contribution in [-0.4, -0.2) is 74.1 Å². The van der Waals surface area contributed by atoms with Crippen molar-refractivity contribution in [2.45, 2.75) is 39.3 Å². The third-order valence-corrected chi connectivity index (χ3v) is 4.73. The monoisotopic (exact) mass is 403 g/mol. The number of hydrogen-bond donors (Lipinski definition) is 2. The van der Waals surface area contributed by atoms with Crippen molar-refractivity contribution in [2.75, 3.05) is 40.3 Å². The molecule has 8 nitrogen and oxygen atoms in total. The van der Waals surface area contributed by atoms with Crippen molar-refractivity contribution in [3.63, 3.8) is 0 Å². The highest BCUT2D eigenvalue weighted by Crippen LogP contribution is 2.12. The van der Waals surface area contributed by atoms with Crippen LogP contribution in [0, 0.1) is 0 Å². The molecule has 0 unspecified atom stereocenters. The van der Waals surface area contributed by atoms with Crippen LogP contribution in [0.3, 0.4) is 0 Å². The van der Waals surface area contributed by atoms with Crippen LogP contribution in [-0.2, 0) is 11.3 Å². The summed E-state index contributed by atoms with van der Waals surface area (Å²) in [6.45, 7) is 6.89. The van der Waals surface area contributed by atoms with Gasteiger partial charge in [-0.3, -0.25) is 4.79 Å². The predicted molar refractivity (Wildman–Crippen MR) is 114 cm³/mol. The minimum absolute atomic E-state index is 0.00998. The number of likely N-dealkylation sites (tertiary alicyclic amines) is 1. The molecular weight excluding hydrogens is 370 g/mol. The van der Waals surface area contributed by atoms with Crippen molar-refractivity contribution in [2.24, 2.45) is 4.99 Å². The number of aliphatic imine (C=N–C) groups is 1. The van der Waals surface area contributed by atoms with Crippen LogP contribution in [0.25, 0.3) is 0 Å². The first-order chi connectivity index (χ1) is 13.9. The molecule has 1 fully saturated rings. The fraction of sp³-hybridized carbons (Fsp3) is 0.571. The molecular formula is C21H33N5O3. The Labute approximate surface area is 173 Å². The number of benzene rings is 1. The average Bonchev–Trinajstić information content (AvgIpc) is 2.72. The Kier molecular flexibility index (Phi) is 8.76. The van der Waals surface area contributed by atoms with Gasteiger partial charge in [0.15, 0.2) is 5.96 Å². The Balaban J connectivity index is 1.90. The molecule has 1 aliphatic heterocycles. The molecule has 1 aromatic carbocycles. The number of nitrogens with one attached hydrogen (secondary N) is 2. The number of piperidine rings is 1. The number of carbonyl (C=O) groups is 2. The van der Waals surface area contributed by atoms with Crippen molar-refractivity contribution >= 4 is 18.0 Å². The second-order valence-corrected chi connectivity index (χ2v) is 7.20. The lowest BCUT2D eigenvalue weighted by molar-refractivity contribution is 0.0827. The molecule has 2 N–H and O–H groups in total. The van der Waals surface area contributed by atoms with E-state index in [1.165, 1.54) is 0 Å². The van der Waals surface area contributed by atoms with Crippen LogP contribution in [0.5, 0.6) is 0 Å². The van der Waals surface area contributed by atoms with Crippen LogP contribution >= 0.6 is 0 Å². The first-order valence-electron chi connectivity index (χ1n) is 10.2. The molecule has 1 saturated heterocycles. The Hall–Kier alpha value is -2.77. The van der Waals surface area contributed by atoms with Crippen LogP contribution in [0.1, 0.15) is 42.6 Å². The molecule has 0 atom stereocenters. The minimum atomic E-state index is -0.234. The summed E-state index contributed by atoms with van der Waals surface area (Å²) >= 11 is 0. The fourth-order valence-corrected chi connectivity index (χ4v) is 3.12. The van der Waals surface area contributed by atoms with Gasteiger partial charge in [0.2, 0.25) is 0 Å². The molecule has 0 bridgehead atoms. The Morgan fingerprint density at radius 2 is 1.83 bits per heavy atom. The summed E-state index contributed by atoms with van der Waals surface area (Å²) in [6, 6.07) is 7.79. The van der Waals surface area contributed by atoms with Crippen LogP contribution in [0.2, 0.25) is 0 Å². The van der Waals surface area contributed by atoms with E-state index in [0.29, 0.717) is 31.8 Å². The van der Waals surface area contributed by atoms with Crippen LogP contribution in [0.15, 0.2) is 29.3 Å². The van der Waals surface area contributed by atoms with Gasteiger partial charge >= 0.3 is 6.09 Å². The van der Waals surface area contributed by atoms with Gasteiger partial charge in [0.1, 0.15) is 0 Å². The zero-order valence-corrected chi connectivity index (χ0v) is 17.9. The number of amides is 2. The van der Waals surface area contributed by atoms with Crippen molar-refractivity contribution in [1.82, 2.24) is 20.4 Å². The van der Waals surface area contributed by atoms with Gasteiger partial charge in [-0.25, -0.2) is 9.79 Å². The Bertz CT molecular complexity index is 695. The highest BCUT2D eigenvalue weighted by molar-refractivity contribution is 5.93. The molecule has 1 aliphatic rings. The van der Waals surface area contributed by atoms with E-state index in [1.54, 1.807) is 23.9 Å². The molecule has 2 amide bonds. The number of nitrogens with zero attached hydrogens (tertiary/aromatic N) is 3. The number of hydrogen-bond acceptors (Lipinski definition) is 4. The number of ether oxygens (including phenoxy) is 1. The summed E-state index contributed by atoms with van der Waals surface area (Å²) in [5.41, 5.74) is 1.70. The molecule has 0 saturated carbocycles. The smallest absolute Gasteiger partial charge is 0.409 e. The molecule has 0 radical (unpaired) electrons. The highest BCUT2D eigenvalue weighted by atomic mass is 16.6. The van der Waals surface area contributed by atoms with Gasteiger partial charge in [-0.1, -0.05) is 12.1 Å². The summed E-state index contributed by atoms with van der Waals surface area (Å²) in [4.78, 5) is 31.8. The van der Waals surface area contributed by atoms with Gasteiger partial charge in [-0.05, 0) is 44.4 Å². The number of rotatable bonds is 6. The first-order valence-corrected chi connectivity index (χ1v) is 10.2. The maximum absolute atomic E-state index is 12.0. The number of guanidine groups is 1. The zero-order chi connectivity index (χ0) is 21.2. The summed E-state index contributed by atoms with van der Waals surface area (Å²) < 4.78 is 5.07. The van der Waals surface area contributed by atoms with Crippen molar-refractivity contribution in [3.05, 3.63) is 35.4 Å². The Morgan fingerprint density at radius 1 is 1.17 bits per heavy atom. The highest BCUT2D eigenvalue weighted by Gasteiger charge is 2.24. The van der Waals surface area contributed by atoms with E-state index in [2.05, 4.69) is 15.6 Å². The second kappa shape index (κ2) is 11.3. The van der Waals surface area contributed by atoms with E-state index in [9.17, 15) is 9.59 Å². The predicted octanol–water partition coefficient (Wildman–Crippen LogP) is 2.06. The molecule has 0 spiro atoms. The van der Waals surface area contributed by atoms with Gasteiger partial charge in [-0.2, -0.15) is 0 Å². The van der Waals surface area contributed by atoms with E-state index < -0.39 is 0 Å². The van der Waals surface area contributed by atoms with Gasteiger partial charge in [0, 0.05) is 45.3 Å². The van der Waals surface area contributed by atoms with Crippen molar-refractivity contribution in [1.29, 1.82) is 0 Å². The van der Waals surface area contributed by atoms with Crippen molar-refractivity contribution < 1.29 is 14.3 Å². The van der Waals surface area contributed by atoms with E-state index in [1.807, 2.05) is 38.1 Å². The average molecular weight is 404 g/mol. The molecule has 1 aromatic rings. The second-order valence-electron chi connectivity index (χ2n) is 7.20. The van der Waals surface area contributed by atoms with Gasteiger partial charge in [-0.15, -0.1) is 0 Å². The van der Waals surface area contributed by atoms with E-state index in [4.69, 9.17) is 4.74 Å². The van der Waals surface area contributed by atoms with Gasteiger partial charge < -0.3 is 25.2 Å². The molecule has 8 heteroatoms. The summed E-state index contributed by atoms with van der Waals surface area (Å²) in [5, 5.41) is 6.73. The quantitative estimate of drug-likeness (QED) is 0.561. The molecule has 2 rings (SSSR count). The first kappa shape index (κ1) is 22.5. The van der Waals surface area contributed by atoms with Crippen molar-refractivity contribution in [3.8, 4) is 0 Å². The van der Waals surface area contributed by atoms with Gasteiger partial charge in [0.05, 0.1) is 13.2 Å². The summed E-state index contributed by atoms with van der Waals surface area (Å²) in [6.07, 6.45) is 1.47. The standard InChI is InChI=1S/C21H33N5O3/c1-5-22-20(24-18-11-13-26(14-12-18)21(28)29-6-2)23-15-16-7-9-17(10-8-16)19(27)25(3)4/h7-10,18H,5-6,11-15H2,1-4H3,(H2,22,23,24). The lowest BCUT2D eigenvalue weighted by Crippen LogP contribution is -2.49. The van der Waals surface area contributed by atoms with E-state index in [-0.39, 0.29) is 18.0 Å². The molecule has 160 valence electrons. The van der Waals surface area contributed by atoms with E-state index >= 15 is 0 Å². The maximum Gasteiger partial charge on any atom is 0.409 e. The van der Waals surface area contributed by atoms with E-state index in [0.717, 1.165) is 30.9 Å². The fourth-order valence-electron chi connectivity index (χ4n) is 3.12. The maximum atomic E-state index is 12.0. The largest absolute Gasteiger partial charge is 0.450 e. The third kappa shape index (κ3) is 6.96. The summed E-state index contributed by atoms with van der Waals surface area (Å²) in [5.74, 6) is 0.750. The van der Waals surface area contributed by atoms with Crippen LogP contribution in [0.4, 0.5) is 4.79 Å². The summed E-state index contributed by atoms with van der Waals surface area (Å²) in [7, 11) is 3.48. The zero-order valence-electron chi connectivity index (χ0n) is 17.9. The van der Waals surface area contributed by atoms with Crippen LogP contribution < -0.4 is 10.6 Å². The Morgan fingerprint density at radius 3 is 2.38 bits per heavy atom. The molecule has 0 aromatic heterocycles.